The van der Waals surface area contributed by atoms with Crippen LogP contribution in [0.15, 0.2) is 102 Å². The van der Waals surface area contributed by atoms with E-state index in [1.807, 2.05) is 62.4 Å². The second kappa shape index (κ2) is 14.6. The van der Waals surface area contributed by atoms with E-state index in [4.69, 9.17) is 14.2 Å². The van der Waals surface area contributed by atoms with Crippen molar-refractivity contribution in [3.8, 4) is 11.4 Å². The van der Waals surface area contributed by atoms with E-state index in [9.17, 15) is 18.0 Å². The van der Waals surface area contributed by atoms with Crippen molar-refractivity contribution in [1.29, 1.82) is 0 Å². The van der Waals surface area contributed by atoms with Gasteiger partial charge in [0.05, 0.1) is 30.4 Å². The summed E-state index contributed by atoms with van der Waals surface area (Å²) < 4.78 is 62.5. The third-order valence-corrected chi connectivity index (χ3v) is 8.36. The molecule has 14 heteroatoms. The number of anilines is 2. The maximum absolute atomic E-state index is 13.2. The molecule has 2 aromatic heterocycles. The zero-order valence-electron chi connectivity index (χ0n) is 27.1. The standard InChI is InChI=1S/C35H38F3N7O4/c1-3-25(2)45-33(46)44(24-42-45)30-13-9-28(10-14-30)39-18-19-40-29-11-15-31(16-12-29)47-21-32-22-48-34(49-32,23-43-20-4-17-41-43)26-5-7-27(8-6-26)35(36,37)38/h4-17,20,24-25,32,39-40H,3,18-19,21-23H2,1-2H3/t25?,32-,34-/m1/s1. The molecule has 49 heavy (non-hydrogen) atoms. The van der Waals surface area contributed by atoms with E-state index >= 15 is 0 Å². The summed E-state index contributed by atoms with van der Waals surface area (Å²) in [4.78, 5) is 12.7. The summed E-state index contributed by atoms with van der Waals surface area (Å²) in [6.07, 6.45) is 0.824. The van der Waals surface area contributed by atoms with Gasteiger partial charge in [-0.3, -0.25) is 4.68 Å². The number of nitrogens with one attached hydrogen (secondary N) is 2. The largest absolute Gasteiger partial charge is 0.491 e. The van der Waals surface area contributed by atoms with E-state index < -0.39 is 23.6 Å². The quantitative estimate of drug-likeness (QED) is 0.136. The van der Waals surface area contributed by atoms with Gasteiger partial charge >= 0.3 is 11.9 Å². The fraction of sp³-hybridized carbons (Fsp3) is 0.343. The Kier molecular flexibility index (Phi) is 10.1. The van der Waals surface area contributed by atoms with Gasteiger partial charge in [-0.1, -0.05) is 19.1 Å². The molecule has 0 spiro atoms. The van der Waals surface area contributed by atoms with Crippen molar-refractivity contribution in [3.63, 3.8) is 0 Å². The predicted octanol–water partition coefficient (Wildman–Crippen LogP) is 6.09. The molecule has 0 bridgehead atoms. The van der Waals surface area contributed by atoms with Gasteiger partial charge in [0, 0.05) is 42.4 Å². The highest BCUT2D eigenvalue weighted by Gasteiger charge is 2.44. The number of benzene rings is 3. The minimum absolute atomic E-state index is 0.0405. The molecule has 11 nitrogen and oxygen atoms in total. The maximum atomic E-state index is 13.2. The normalized spacial score (nSPS) is 18.3. The van der Waals surface area contributed by atoms with Crippen molar-refractivity contribution in [3.05, 3.63) is 119 Å². The molecule has 0 aliphatic carbocycles. The second-order valence-corrected chi connectivity index (χ2v) is 11.8. The molecule has 1 unspecified atom stereocenters. The molecule has 258 valence electrons. The number of aromatic nitrogens is 5. The summed E-state index contributed by atoms with van der Waals surface area (Å²) >= 11 is 0. The lowest BCUT2D eigenvalue weighted by atomic mass is 10.0. The van der Waals surface area contributed by atoms with Gasteiger partial charge in [-0.25, -0.2) is 14.0 Å². The summed E-state index contributed by atoms with van der Waals surface area (Å²) in [5.74, 6) is -0.676. The Morgan fingerprint density at radius 2 is 1.65 bits per heavy atom. The van der Waals surface area contributed by atoms with E-state index in [-0.39, 0.29) is 31.5 Å². The maximum Gasteiger partial charge on any atom is 0.416 e. The fourth-order valence-corrected chi connectivity index (χ4v) is 5.47. The van der Waals surface area contributed by atoms with Crippen molar-refractivity contribution < 1.29 is 27.4 Å². The van der Waals surface area contributed by atoms with Crippen LogP contribution in [0.25, 0.3) is 5.69 Å². The first kappa shape index (κ1) is 33.8. The van der Waals surface area contributed by atoms with Gasteiger partial charge in [0.15, 0.2) is 0 Å². The number of hydrogen-bond donors (Lipinski definition) is 2. The Morgan fingerprint density at radius 3 is 2.27 bits per heavy atom. The van der Waals surface area contributed by atoms with E-state index in [0.29, 0.717) is 24.4 Å². The Labute approximate surface area is 281 Å². The topological polar surface area (TPSA) is 109 Å². The average molecular weight is 678 g/mol. The molecule has 0 saturated carbocycles. The number of ether oxygens (including phenoxy) is 3. The predicted molar refractivity (Wildman–Crippen MR) is 178 cm³/mol. The Bertz CT molecular complexity index is 1840. The minimum Gasteiger partial charge on any atom is -0.491 e. The zero-order chi connectivity index (χ0) is 34.4. The van der Waals surface area contributed by atoms with E-state index in [1.54, 1.807) is 34.0 Å². The fourth-order valence-electron chi connectivity index (χ4n) is 5.47. The lowest BCUT2D eigenvalue weighted by Crippen LogP contribution is -2.34. The Balaban J connectivity index is 0.970. The smallest absolute Gasteiger partial charge is 0.416 e. The van der Waals surface area contributed by atoms with Gasteiger partial charge in [0.1, 0.15) is 24.8 Å². The van der Waals surface area contributed by atoms with Crippen LogP contribution in [-0.4, -0.2) is 56.5 Å². The summed E-state index contributed by atoms with van der Waals surface area (Å²) in [6.45, 7) is 5.87. The monoisotopic (exact) mass is 677 g/mol. The number of rotatable bonds is 14. The lowest BCUT2D eigenvalue weighted by molar-refractivity contribution is -0.191. The van der Waals surface area contributed by atoms with Crippen LogP contribution in [-0.2, 0) is 28.0 Å². The van der Waals surface area contributed by atoms with Crippen molar-refractivity contribution in [1.82, 2.24) is 24.1 Å². The van der Waals surface area contributed by atoms with Crippen LogP contribution in [0.3, 0.4) is 0 Å². The summed E-state index contributed by atoms with van der Waals surface area (Å²) in [7, 11) is 0. The molecule has 3 aromatic carbocycles. The Hall–Kier alpha value is -5.08. The summed E-state index contributed by atoms with van der Waals surface area (Å²) in [6, 6.07) is 21.7. The first-order valence-corrected chi connectivity index (χ1v) is 16.1. The molecule has 1 aliphatic heterocycles. The third-order valence-electron chi connectivity index (χ3n) is 8.36. The van der Waals surface area contributed by atoms with Crippen LogP contribution < -0.4 is 21.1 Å². The number of nitrogens with zero attached hydrogens (tertiary/aromatic N) is 5. The molecule has 5 aromatic rings. The minimum atomic E-state index is -4.44. The highest BCUT2D eigenvalue weighted by Crippen LogP contribution is 2.38. The zero-order valence-corrected chi connectivity index (χ0v) is 27.1. The molecule has 6 rings (SSSR count). The van der Waals surface area contributed by atoms with Gasteiger partial charge in [-0.05, 0) is 80.1 Å². The van der Waals surface area contributed by atoms with Crippen LogP contribution in [0.1, 0.15) is 37.4 Å². The number of alkyl halides is 3. The van der Waals surface area contributed by atoms with Gasteiger partial charge < -0.3 is 24.8 Å². The molecule has 0 radical (unpaired) electrons. The third kappa shape index (κ3) is 7.98. The van der Waals surface area contributed by atoms with Crippen molar-refractivity contribution in [2.45, 2.75) is 50.9 Å². The highest BCUT2D eigenvalue weighted by atomic mass is 19.4. The average Bonchev–Trinajstić information content (AvgIpc) is 3.87. The molecule has 1 aliphatic rings. The number of hydrogen-bond acceptors (Lipinski definition) is 8. The molecule has 1 saturated heterocycles. The van der Waals surface area contributed by atoms with Crippen LogP contribution in [0.2, 0.25) is 0 Å². The molecule has 2 N–H and O–H groups in total. The highest BCUT2D eigenvalue weighted by molar-refractivity contribution is 5.50. The first-order chi connectivity index (χ1) is 23.6. The Morgan fingerprint density at radius 1 is 0.980 bits per heavy atom. The molecular formula is C35H38F3N7O4. The molecule has 0 amide bonds. The van der Waals surface area contributed by atoms with E-state index in [2.05, 4.69) is 20.8 Å². The van der Waals surface area contributed by atoms with Gasteiger partial charge in [-0.15, -0.1) is 0 Å². The van der Waals surface area contributed by atoms with Crippen LogP contribution >= 0.6 is 0 Å². The van der Waals surface area contributed by atoms with Crippen molar-refractivity contribution in [2.75, 3.05) is 36.9 Å². The molecule has 3 heterocycles. The molecule has 3 atom stereocenters. The van der Waals surface area contributed by atoms with Gasteiger partial charge in [0.25, 0.3) is 0 Å². The van der Waals surface area contributed by atoms with E-state index in [1.165, 1.54) is 16.8 Å². The van der Waals surface area contributed by atoms with Crippen molar-refractivity contribution >= 4 is 11.4 Å². The van der Waals surface area contributed by atoms with Crippen LogP contribution in [0.5, 0.6) is 5.75 Å². The summed E-state index contributed by atoms with van der Waals surface area (Å²) in [5, 5.41) is 15.2. The first-order valence-electron chi connectivity index (χ1n) is 16.1. The van der Waals surface area contributed by atoms with Gasteiger partial charge in [-0.2, -0.15) is 23.4 Å². The second-order valence-electron chi connectivity index (χ2n) is 11.8. The molecule has 1 fully saturated rings. The van der Waals surface area contributed by atoms with Crippen molar-refractivity contribution in [2.24, 2.45) is 0 Å². The summed E-state index contributed by atoms with van der Waals surface area (Å²) in [5.41, 5.74) is 2.17. The number of halogens is 3. The molecular weight excluding hydrogens is 639 g/mol. The van der Waals surface area contributed by atoms with Crippen LogP contribution in [0, 0.1) is 0 Å². The van der Waals surface area contributed by atoms with E-state index in [0.717, 1.165) is 35.6 Å². The van der Waals surface area contributed by atoms with Crippen LogP contribution in [0.4, 0.5) is 24.5 Å². The SMILES string of the molecule is CCC(C)n1ncn(-c2ccc(NCCNc3ccc(OC[C@@H]4CO[C@@](Cn5cccn5)(c5ccc(C(F)(F)F)cc5)O4)cc3)cc2)c1=O. The lowest BCUT2D eigenvalue weighted by Gasteiger charge is -2.29. The van der Waals surface area contributed by atoms with Gasteiger partial charge in [0.2, 0.25) is 5.79 Å².